The van der Waals surface area contributed by atoms with Crippen molar-refractivity contribution in [1.82, 2.24) is 10.2 Å². The number of H-pyrrole nitrogens is 1. The highest BCUT2D eigenvalue weighted by Crippen LogP contribution is 2.41. The van der Waals surface area contributed by atoms with Gasteiger partial charge in [0.2, 0.25) is 0 Å². The lowest BCUT2D eigenvalue weighted by Crippen LogP contribution is -2.32. The first-order valence-electron chi connectivity index (χ1n) is 8.25. The van der Waals surface area contributed by atoms with Gasteiger partial charge in [-0.15, -0.1) is 0 Å². The Kier molecular flexibility index (Phi) is 5.50. The smallest absolute Gasteiger partial charge is 0.423 e. The molecule has 3 rings (SSSR count). The predicted molar refractivity (Wildman–Crippen MR) is 92.8 cm³/mol. The molecule has 0 saturated carbocycles. The van der Waals surface area contributed by atoms with Gasteiger partial charge in [0, 0.05) is 12.6 Å². The number of halogens is 3. The van der Waals surface area contributed by atoms with Crippen LogP contribution in [-0.2, 0) is 22.3 Å². The highest BCUT2D eigenvalue weighted by molar-refractivity contribution is 5.79. The van der Waals surface area contributed by atoms with E-state index in [1.54, 1.807) is 24.3 Å². The summed E-state index contributed by atoms with van der Waals surface area (Å²) >= 11 is 0. The monoisotopic (exact) mass is 395 g/mol. The van der Waals surface area contributed by atoms with E-state index in [4.69, 9.17) is 9.84 Å². The summed E-state index contributed by atoms with van der Waals surface area (Å²) in [5, 5.41) is 13.9. The lowest BCUT2D eigenvalue weighted by molar-refractivity contribution is -0.138. The maximum absolute atomic E-state index is 13.5. The molecule has 148 valence electrons. The number of nitrogens with one attached hydrogen (secondary N) is 1. The second-order valence-electron chi connectivity index (χ2n) is 6.08. The number of rotatable bonds is 6. The van der Waals surface area contributed by atoms with Crippen molar-refractivity contribution < 1.29 is 27.8 Å². The van der Waals surface area contributed by atoms with Crippen molar-refractivity contribution in [1.29, 1.82) is 0 Å². The van der Waals surface area contributed by atoms with Crippen LogP contribution in [0.5, 0.6) is 0 Å². The molecule has 0 radical (unpaired) electrons. The Labute approximate surface area is 157 Å². The van der Waals surface area contributed by atoms with Crippen molar-refractivity contribution in [2.45, 2.75) is 18.8 Å². The zero-order chi connectivity index (χ0) is 20.3. The van der Waals surface area contributed by atoms with Gasteiger partial charge in [0.15, 0.2) is 0 Å². The Bertz CT molecular complexity index is 956. The van der Waals surface area contributed by atoms with Gasteiger partial charge in [-0.3, -0.25) is 4.79 Å². The molecule has 1 aliphatic heterocycles. The molecule has 0 saturated heterocycles. The minimum absolute atomic E-state index is 0.00503. The van der Waals surface area contributed by atoms with Gasteiger partial charge in [0.05, 0.1) is 31.1 Å². The first-order valence-corrected chi connectivity index (χ1v) is 8.25. The van der Waals surface area contributed by atoms with Crippen LogP contribution in [0.3, 0.4) is 0 Å². The Morgan fingerprint density at radius 1 is 1.39 bits per heavy atom. The molecule has 1 aromatic heterocycles. The summed E-state index contributed by atoms with van der Waals surface area (Å²) in [4.78, 5) is 23.7. The molecular weight excluding hydrogens is 379 g/mol. The molecule has 2 aromatic rings. The third kappa shape index (κ3) is 4.06. The van der Waals surface area contributed by atoms with Gasteiger partial charge in [-0.2, -0.15) is 18.3 Å². The average molecular weight is 395 g/mol. The van der Waals surface area contributed by atoms with E-state index in [-0.39, 0.29) is 25.4 Å². The molecule has 0 bridgehead atoms. The van der Waals surface area contributed by atoms with E-state index >= 15 is 0 Å². The Morgan fingerprint density at radius 3 is 2.86 bits per heavy atom. The number of carboxylic acid groups (broad SMARTS) is 1. The van der Waals surface area contributed by atoms with Crippen LogP contribution in [0, 0.1) is 0 Å². The topological polar surface area (TPSA) is 95.5 Å². The molecule has 10 heteroatoms. The van der Waals surface area contributed by atoms with Gasteiger partial charge in [-0.1, -0.05) is 30.3 Å². The molecule has 1 aromatic carbocycles. The van der Waals surface area contributed by atoms with Crippen LogP contribution in [0.15, 0.2) is 47.4 Å². The molecule has 2 N–H and O–H groups in total. The van der Waals surface area contributed by atoms with E-state index in [1.807, 2.05) is 5.10 Å². The first kappa shape index (κ1) is 19.6. The van der Waals surface area contributed by atoms with Gasteiger partial charge in [0.25, 0.3) is 5.56 Å². The first-order chi connectivity index (χ1) is 13.3. The summed E-state index contributed by atoms with van der Waals surface area (Å²) in [7, 11) is 0. The highest BCUT2D eigenvalue weighted by Gasteiger charge is 2.41. The van der Waals surface area contributed by atoms with Crippen molar-refractivity contribution in [3.63, 3.8) is 0 Å². The number of nitrogens with zero attached hydrogens (tertiary/aromatic N) is 2. The normalized spacial score (nSPS) is 16.5. The molecule has 1 atom stereocenters. The molecular formula is C18H16F3N3O4. The molecule has 0 fully saturated rings. The number of hydrogen-bond acceptors (Lipinski definition) is 5. The third-order valence-electron chi connectivity index (χ3n) is 4.31. The van der Waals surface area contributed by atoms with Crippen LogP contribution in [0.4, 0.5) is 18.9 Å². The number of aliphatic carboxylic acids is 1. The number of aromatic nitrogens is 2. The fourth-order valence-electron chi connectivity index (χ4n) is 3.17. The van der Waals surface area contributed by atoms with E-state index in [0.717, 1.165) is 23.4 Å². The summed E-state index contributed by atoms with van der Waals surface area (Å²) in [6, 6.07) is 6.53. The Balaban J connectivity index is 1.93. The number of alkyl halides is 3. The summed E-state index contributed by atoms with van der Waals surface area (Å²) in [6.07, 6.45) is -1.66. The Morgan fingerprint density at radius 2 is 2.14 bits per heavy atom. The Hall–Kier alpha value is -3.14. The fourth-order valence-corrected chi connectivity index (χ4v) is 3.17. The van der Waals surface area contributed by atoms with Crippen LogP contribution < -0.4 is 10.5 Å². The van der Waals surface area contributed by atoms with E-state index in [1.165, 1.54) is 11.0 Å². The number of ether oxygens (including phenoxy) is 1. The van der Waals surface area contributed by atoms with Gasteiger partial charge in [-0.25, -0.2) is 9.89 Å². The zero-order valence-corrected chi connectivity index (χ0v) is 14.4. The molecule has 2 heterocycles. The van der Waals surface area contributed by atoms with Crippen LogP contribution in [0.2, 0.25) is 0 Å². The van der Waals surface area contributed by atoms with Crippen molar-refractivity contribution >= 4 is 11.7 Å². The summed E-state index contributed by atoms with van der Waals surface area (Å²) in [5.41, 5.74) is -1.37. The minimum atomic E-state index is -4.85. The predicted octanol–water partition coefficient (Wildman–Crippen LogP) is 2.51. The van der Waals surface area contributed by atoms with Crippen molar-refractivity contribution in [2.24, 2.45) is 0 Å². The lowest BCUT2D eigenvalue weighted by Gasteiger charge is -2.28. The largest absolute Gasteiger partial charge is 0.478 e. The number of carboxylic acids is 1. The quantitative estimate of drug-likeness (QED) is 0.577. The summed E-state index contributed by atoms with van der Waals surface area (Å²) in [6.45, 7) is 0.146. The lowest BCUT2D eigenvalue weighted by atomic mass is 10.1. The second kappa shape index (κ2) is 7.85. The summed E-state index contributed by atoms with van der Waals surface area (Å²) in [5.74, 6) is -1.12. The standard InChI is InChI=1S/C18H16F3N3O4/c19-18(20,21)16-13(8-22-23-17(16)27)24-9-11-4-1-2-5-12(11)14(24)10-28-7-3-6-15(25)26/h1-6,8,14H,7,9-10H2,(H,23,27)(H,25,26)/b6-3+. The second-order valence-corrected chi connectivity index (χ2v) is 6.08. The van der Waals surface area contributed by atoms with Crippen molar-refractivity contribution in [3.05, 3.63) is 69.7 Å². The van der Waals surface area contributed by atoms with Crippen molar-refractivity contribution in [3.8, 4) is 0 Å². The summed E-state index contributed by atoms with van der Waals surface area (Å²) < 4.78 is 45.9. The van der Waals surface area contributed by atoms with Crippen molar-refractivity contribution in [2.75, 3.05) is 18.1 Å². The fraction of sp³-hybridized carbons (Fsp3) is 0.278. The van der Waals surface area contributed by atoms with Gasteiger partial charge >= 0.3 is 12.1 Å². The SMILES string of the molecule is O=C(O)/C=C/COCC1c2ccccc2CN1c1cn[nH]c(=O)c1C(F)(F)F. The number of aromatic amines is 1. The highest BCUT2D eigenvalue weighted by atomic mass is 19.4. The average Bonchev–Trinajstić information content (AvgIpc) is 2.98. The van der Waals surface area contributed by atoms with E-state index in [2.05, 4.69) is 5.10 Å². The number of fused-ring (bicyclic) bond motifs is 1. The van der Waals surface area contributed by atoms with Crippen LogP contribution >= 0.6 is 0 Å². The number of benzene rings is 1. The number of hydrogen-bond donors (Lipinski definition) is 2. The molecule has 0 amide bonds. The molecule has 1 unspecified atom stereocenters. The third-order valence-corrected chi connectivity index (χ3v) is 4.31. The molecule has 28 heavy (non-hydrogen) atoms. The molecule has 0 aliphatic carbocycles. The molecule has 7 nitrogen and oxygen atoms in total. The molecule has 0 spiro atoms. The van der Waals surface area contributed by atoms with Crippen LogP contribution in [0.25, 0.3) is 0 Å². The van der Waals surface area contributed by atoms with Gasteiger partial charge in [0.1, 0.15) is 5.56 Å². The van der Waals surface area contributed by atoms with Crippen LogP contribution in [-0.4, -0.2) is 34.5 Å². The zero-order valence-electron chi connectivity index (χ0n) is 14.4. The van der Waals surface area contributed by atoms with Gasteiger partial charge < -0.3 is 14.7 Å². The number of anilines is 1. The minimum Gasteiger partial charge on any atom is -0.478 e. The van der Waals surface area contributed by atoms with Gasteiger partial charge in [-0.05, 0) is 11.1 Å². The van der Waals surface area contributed by atoms with E-state index in [0.29, 0.717) is 0 Å². The van der Waals surface area contributed by atoms with E-state index in [9.17, 15) is 22.8 Å². The maximum atomic E-state index is 13.5. The number of carbonyl (C=O) groups is 1. The van der Waals surface area contributed by atoms with E-state index < -0.39 is 29.3 Å². The molecule has 1 aliphatic rings. The maximum Gasteiger partial charge on any atom is 0.423 e. The van der Waals surface area contributed by atoms with Crippen LogP contribution in [0.1, 0.15) is 22.7 Å².